The van der Waals surface area contributed by atoms with Crippen molar-refractivity contribution < 1.29 is 9.18 Å². The van der Waals surface area contributed by atoms with Gasteiger partial charge in [0, 0.05) is 16.5 Å². The quantitative estimate of drug-likeness (QED) is 0.456. The Morgan fingerprint density at radius 1 is 1.17 bits per heavy atom. The molecule has 1 rings (SSSR count). The second-order valence-electron chi connectivity index (χ2n) is 4.57. The van der Waals surface area contributed by atoms with E-state index in [2.05, 4.69) is 22.9 Å². The van der Waals surface area contributed by atoms with Crippen molar-refractivity contribution >= 4 is 21.7 Å². The summed E-state index contributed by atoms with van der Waals surface area (Å²) in [5.74, 6) is -0.332. The fourth-order valence-electron chi connectivity index (χ4n) is 1.91. The minimum atomic E-state index is -0.357. The van der Waals surface area contributed by atoms with Crippen LogP contribution in [-0.4, -0.2) is 5.78 Å². The van der Waals surface area contributed by atoms with Gasteiger partial charge >= 0.3 is 0 Å². The van der Waals surface area contributed by atoms with E-state index in [1.807, 2.05) is 0 Å². The zero-order valence-electron chi connectivity index (χ0n) is 10.8. The van der Waals surface area contributed by atoms with E-state index >= 15 is 0 Å². The smallest absolute Gasteiger partial charge is 0.164 e. The first kappa shape index (κ1) is 15.4. The maximum atomic E-state index is 13.1. The van der Waals surface area contributed by atoms with Crippen molar-refractivity contribution in [2.24, 2.45) is 0 Å². The highest BCUT2D eigenvalue weighted by molar-refractivity contribution is 9.10. The van der Waals surface area contributed by atoms with Gasteiger partial charge in [-0.3, -0.25) is 4.79 Å². The fourth-order valence-corrected chi connectivity index (χ4v) is 2.38. The van der Waals surface area contributed by atoms with Crippen molar-refractivity contribution in [2.45, 2.75) is 51.9 Å². The molecular formula is C15H20BrFO. The van der Waals surface area contributed by atoms with Crippen molar-refractivity contribution in [2.75, 3.05) is 0 Å². The van der Waals surface area contributed by atoms with Crippen LogP contribution in [-0.2, 0) is 0 Å². The molecule has 1 aromatic rings. The van der Waals surface area contributed by atoms with Crippen LogP contribution in [0.15, 0.2) is 22.7 Å². The number of ketones is 1. The molecule has 3 heteroatoms. The van der Waals surface area contributed by atoms with Gasteiger partial charge in [-0.1, -0.05) is 55.0 Å². The van der Waals surface area contributed by atoms with Crippen LogP contribution in [0.1, 0.15) is 62.2 Å². The van der Waals surface area contributed by atoms with Crippen molar-refractivity contribution in [1.29, 1.82) is 0 Å². The van der Waals surface area contributed by atoms with E-state index in [1.54, 1.807) is 6.07 Å². The first-order chi connectivity index (χ1) is 8.65. The molecule has 100 valence electrons. The Kier molecular flexibility index (Phi) is 7.18. The lowest BCUT2D eigenvalue weighted by Crippen LogP contribution is -2.01. The molecular weight excluding hydrogens is 295 g/mol. The van der Waals surface area contributed by atoms with E-state index in [0.29, 0.717) is 16.5 Å². The summed E-state index contributed by atoms with van der Waals surface area (Å²) in [6.45, 7) is 2.19. The number of hydrogen-bond acceptors (Lipinski definition) is 1. The molecule has 0 unspecified atom stereocenters. The molecule has 0 fully saturated rings. The van der Waals surface area contributed by atoms with E-state index in [9.17, 15) is 9.18 Å². The molecule has 0 radical (unpaired) electrons. The van der Waals surface area contributed by atoms with Crippen LogP contribution >= 0.6 is 15.9 Å². The summed E-state index contributed by atoms with van der Waals surface area (Å²) in [7, 11) is 0. The predicted molar refractivity (Wildman–Crippen MR) is 76.4 cm³/mol. The molecule has 0 amide bonds. The van der Waals surface area contributed by atoms with E-state index in [0.717, 1.165) is 12.8 Å². The fraction of sp³-hybridized carbons (Fsp3) is 0.533. The van der Waals surface area contributed by atoms with Crippen LogP contribution in [0.5, 0.6) is 0 Å². The summed E-state index contributed by atoms with van der Waals surface area (Å²) < 4.78 is 13.7. The highest BCUT2D eigenvalue weighted by atomic mass is 79.9. The summed E-state index contributed by atoms with van der Waals surface area (Å²) in [6, 6.07) is 4.25. The van der Waals surface area contributed by atoms with Gasteiger partial charge in [-0.25, -0.2) is 4.39 Å². The highest BCUT2D eigenvalue weighted by Crippen LogP contribution is 2.20. The Hall–Kier alpha value is -0.700. The molecule has 0 bridgehead atoms. The van der Waals surface area contributed by atoms with E-state index < -0.39 is 0 Å². The van der Waals surface area contributed by atoms with Crippen molar-refractivity contribution in [3.05, 3.63) is 34.1 Å². The standard InChI is InChI=1S/C15H20BrFO/c1-2-3-4-5-6-7-8-15(18)13-11-12(17)9-10-14(13)16/h9-11H,2-8H2,1H3. The highest BCUT2D eigenvalue weighted by Gasteiger charge is 2.10. The van der Waals surface area contributed by atoms with E-state index in [1.165, 1.54) is 37.8 Å². The monoisotopic (exact) mass is 314 g/mol. The molecule has 0 spiro atoms. The molecule has 1 aromatic carbocycles. The van der Waals surface area contributed by atoms with Crippen molar-refractivity contribution in [3.63, 3.8) is 0 Å². The average Bonchev–Trinajstić information content (AvgIpc) is 2.36. The molecule has 18 heavy (non-hydrogen) atoms. The summed E-state index contributed by atoms with van der Waals surface area (Å²) in [5, 5.41) is 0. The van der Waals surface area contributed by atoms with Gasteiger partial charge in [0.2, 0.25) is 0 Å². The van der Waals surface area contributed by atoms with Gasteiger partial charge in [0.15, 0.2) is 5.78 Å². The van der Waals surface area contributed by atoms with Gasteiger partial charge in [-0.15, -0.1) is 0 Å². The molecule has 0 atom stereocenters. The lowest BCUT2D eigenvalue weighted by atomic mass is 10.0. The Labute approximate surface area is 117 Å². The number of benzene rings is 1. The van der Waals surface area contributed by atoms with Gasteiger partial charge in [0.05, 0.1) is 0 Å². The van der Waals surface area contributed by atoms with Gasteiger partial charge in [-0.2, -0.15) is 0 Å². The molecule has 0 heterocycles. The topological polar surface area (TPSA) is 17.1 Å². The van der Waals surface area contributed by atoms with Crippen LogP contribution in [0.2, 0.25) is 0 Å². The number of halogens is 2. The first-order valence-corrected chi connectivity index (χ1v) is 7.42. The van der Waals surface area contributed by atoms with Gasteiger partial charge in [0.25, 0.3) is 0 Å². The second-order valence-corrected chi connectivity index (χ2v) is 5.42. The number of rotatable bonds is 8. The summed E-state index contributed by atoms with van der Waals surface area (Å²) in [6.07, 6.45) is 7.41. The maximum Gasteiger partial charge on any atom is 0.164 e. The number of unbranched alkanes of at least 4 members (excludes halogenated alkanes) is 5. The molecule has 0 saturated carbocycles. The Balaban J connectivity index is 2.34. The summed E-state index contributed by atoms with van der Waals surface area (Å²) >= 11 is 3.29. The Morgan fingerprint density at radius 3 is 2.56 bits per heavy atom. The largest absolute Gasteiger partial charge is 0.294 e. The zero-order chi connectivity index (χ0) is 13.4. The molecule has 0 aliphatic rings. The first-order valence-electron chi connectivity index (χ1n) is 6.63. The van der Waals surface area contributed by atoms with E-state index in [-0.39, 0.29) is 11.6 Å². The average molecular weight is 315 g/mol. The number of carbonyl (C=O) groups is 1. The lowest BCUT2D eigenvalue weighted by molar-refractivity contribution is 0.0978. The van der Waals surface area contributed by atoms with Crippen LogP contribution in [0.4, 0.5) is 4.39 Å². The zero-order valence-corrected chi connectivity index (χ0v) is 12.4. The second kappa shape index (κ2) is 8.41. The Bertz CT molecular complexity index is 390. The van der Waals surface area contributed by atoms with Crippen LogP contribution < -0.4 is 0 Å². The molecule has 0 N–H and O–H groups in total. The van der Waals surface area contributed by atoms with Crippen LogP contribution in [0.25, 0.3) is 0 Å². The van der Waals surface area contributed by atoms with Gasteiger partial charge in [0.1, 0.15) is 5.82 Å². The summed E-state index contributed by atoms with van der Waals surface area (Å²) in [4.78, 5) is 11.9. The minimum Gasteiger partial charge on any atom is -0.294 e. The van der Waals surface area contributed by atoms with Crippen molar-refractivity contribution in [1.82, 2.24) is 0 Å². The van der Waals surface area contributed by atoms with Crippen molar-refractivity contribution in [3.8, 4) is 0 Å². The van der Waals surface area contributed by atoms with Gasteiger partial charge < -0.3 is 0 Å². The normalized spacial score (nSPS) is 10.6. The summed E-state index contributed by atoms with van der Waals surface area (Å²) in [5.41, 5.74) is 0.462. The maximum absolute atomic E-state index is 13.1. The molecule has 0 aliphatic carbocycles. The van der Waals surface area contributed by atoms with Crippen LogP contribution in [0, 0.1) is 5.82 Å². The lowest BCUT2D eigenvalue weighted by Gasteiger charge is -2.04. The molecule has 0 aliphatic heterocycles. The van der Waals surface area contributed by atoms with Crippen LogP contribution in [0.3, 0.4) is 0 Å². The molecule has 0 saturated heterocycles. The van der Waals surface area contributed by atoms with E-state index in [4.69, 9.17) is 0 Å². The minimum absolute atomic E-state index is 0.0249. The van der Waals surface area contributed by atoms with Gasteiger partial charge in [-0.05, 0) is 24.6 Å². The molecule has 0 aromatic heterocycles. The third kappa shape index (κ3) is 5.30. The number of Topliss-reactive ketones (excluding diaryl/α,β-unsaturated/α-hetero) is 1. The third-order valence-corrected chi connectivity index (χ3v) is 3.68. The molecule has 1 nitrogen and oxygen atoms in total. The number of carbonyl (C=O) groups excluding carboxylic acids is 1. The SMILES string of the molecule is CCCCCCCCC(=O)c1cc(F)ccc1Br. The number of hydrogen-bond donors (Lipinski definition) is 0. The third-order valence-electron chi connectivity index (χ3n) is 2.99. The predicted octanol–water partition coefficient (Wildman–Crippen LogP) is 5.52. The Morgan fingerprint density at radius 2 is 1.83 bits per heavy atom.